The highest BCUT2D eigenvalue weighted by Crippen LogP contribution is 2.33. The van der Waals surface area contributed by atoms with Crippen LogP contribution in [0.25, 0.3) is 11.3 Å². The van der Waals surface area contributed by atoms with Crippen LogP contribution in [0.5, 0.6) is 5.75 Å². The number of hydrazine groups is 1. The summed E-state index contributed by atoms with van der Waals surface area (Å²) in [7, 11) is 0. The summed E-state index contributed by atoms with van der Waals surface area (Å²) in [6.45, 7) is 2.06. The van der Waals surface area contributed by atoms with E-state index in [1.54, 1.807) is 13.0 Å². The van der Waals surface area contributed by atoms with E-state index in [4.69, 9.17) is 15.0 Å². The third kappa shape index (κ3) is 3.00. The van der Waals surface area contributed by atoms with Crippen LogP contribution >= 0.6 is 0 Å². The van der Waals surface area contributed by atoms with Crippen molar-refractivity contribution in [1.82, 2.24) is 5.43 Å². The van der Waals surface area contributed by atoms with Gasteiger partial charge in [-0.05, 0) is 31.2 Å². The zero-order valence-corrected chi connectivity index (χ0v) is 11.2. The summed E-state index contributed by atoms with van der Waals surface area (Å²) < 4.78 is 10.5. The van der Waals surface area contributed by atoms with Gasteiger partial charge in [0.05, 0.1) is 11.5 Å². The van der Waals surface area contributed by atoms with E-state index in [-0.39, 0.29) is 17.2 Å². The van der Waals surface area contributed by atoms with E-state index in [1.807, 2.05) is 5.43 Å². The van der Waals surface area contributed by atoms with Crippen LogP contribution in [0.4, 0.5) is 5.69 Å². The van der Waals surface area contributed by atoms with E-state index in [2.05, 4.69) is 0 Å². The van der Waals surface area contributed by atoms with Crippen LogP contribution < -0.4 is 16.0 Å². The third-order valence-corrected chi connectivity index (χ3v) is 2.70. The highest BCUT2D eigenvalue weighted by atomic mass is 16.6. The summed E-state index contributed by atoms with van der Waals surface area (Å²) in [6, 6.07) is 7.39. The average Bonchev–Trinajstić information content (AvgIpc) is 2.96. The number of carbonyl (C=O) groups is 1. The number of nitrogens with two attached hydrogens (primary N) is 1. The minimum atomic E-state index is -0.582. The molecule has 0 bridgehead atoms. The molecular formula is C13H13N3O5. The van der Waals surface area contributed by atoms with E-state index in [1.165, 1.54) is 24.3 Å². The Labute approximate surface area is 119 Å². The molecule has 0 atom stereocenters. The quantitative estimate of drug-likeness (QED) is 0.375. The molecule has 110 valence electrons. The summed E-state index contributed by atoms with van der Waals surface area (Å²) in [5.74, 6) is 4.94. The van der Waals surface area contributed by atoms with Crippen molar-refractivity contribution < 1.29 is 18.9 Å². The molecule has 1 aromatic carbocycles. The normalized spacial score (nSPS) is 10.2. The Hall–Kier alpha value is -2.87. The maximum atomic E-state index is 11.3. The molecule has 2 aromatic rings. The van der Waals surface area contributed by atoms with Gasteiger partial charge in [-0.15, -0.1) is 0 Å². The number of carbonyl (C=O) groups excluding carboxylic acids is 1. The molecule has 0 saturated carbocycles. The summed E-state index contributed by atoms with van der Waals surface area (Å²) in [5.41, 5.74) is 2.23. The van der Waals surface area contributed by atoms with Crippen molar-refractivity contribution in [2.45, 2.75) is 6.92 Å². The number of furan rings is 1. The Morgan fingerprint density at radius 3 is 2.81 bits per heavy atom. The summed E-state index contributed by atoms with van der Waals surface area (Å²) in [5, 5.41) is 11.1. The molecule has 0 aliphatic rings. The Morgan fingerprint density at radius 1 is 1.43 bits per heavy atom. The van der Waals surface area contributed by atoms with Crippen molar-refractivity contribution in [2.24, 2.45) is 5.84 Å². The zero-order chi connectivity index (χ0) is 15.4. The number of nitrogens with zero attached hydrogens (tertiary/aromatic N) is 1. The van der Waals surface area contributed by atoms with Crippen molar-refractivity contribution in [1.29, 1.82) is 0 Å². The summed E-state index contributed by atoms with van der Waals surface area (Å²) in [6.07, 6.45) is 0. The number of nitro groups is 1. The van der Waals surface area contributed by atoms with Crippen molar-refractivity contribution in [3.63, 3.8) is 0 Å². The van der Waals surface area contributed by atoms with Crippen molar-refractivity contribution in [3.8, 4) is 17.1 Å². The Balaban J connectivity index is 2.40. The van der Waals surface area contributed by atoms with Gasteiger partial charge in [-0.25, -0.2) is 5.84 Å². The zero-order valence-electron chi connectivity index (χ0n) is 11.2. The summed E-state index contributed by atoms with van der Waals surface area (Å²) >= 11 is 0. The van der Waals surface area contributed by atoms with Gasteiger partial charge in [0.15, 0.2) is 11.5 Å². The van der Waals surface area contributed by atoms with Gasteiger partial charge in [0.1, 0.15) is 5.76 Å². The topological polar surface area (TPSA) is 121 Å². The van der Waals surface area contributed by atoms with Crippen molar-refractivity contribution >= 4 is 11.6 Å². The lowest BCUT2D eigenvalue weighted by Crippen LogP contribution is -2.29. The predicted octanol–water partition coefficient (Wildman–Crippen LogP) is 1.86. The SMILES string of the molecule is CCOc1ccc(-c2ccc(C(=O)NN)o2)cc1[N+](=O)[O-]. The fourth-order valence-electron chi connectivity index (χ4n) is 1.78. The third-order valence-electron chi connectivity index (χ3n) is 2.70. The maximum absolute atomic E-state index is 11.3. The molecule has 3 N–H and O–H groups in total. The first-order valence-electron chi connectivity index (χ1n) is 6.09. The number of nitrogens with one attached hydrogen (secondary N) is 1. The van der Waals surface area contributed by atoms with Gasteiger partial charge in [0.2, 0.25) is 0 Å². The number of amides is 1. The molecule has 2 rings (SSSR count). The van der Waals surface area contributed by atoms with Gasteiger partial charge in [0.25, 0.3) is 0 Å². The van der Waals surface area contributed by atoms with Gasteiger partial charge in [-0.3, -0.25) is 20.3 Å². The van der Waals surface area contributed by atoms with E-state index < -0.39 is 10.8 Å². The maximum Gasteiger partial charge on any atom is 0.311 e. The van der Waals surface area contributed by atoms with Gasteiger partial charge >= 0.3 is 11.6 Å². The molecular weight excluding hydrogens is 278 g/mol. The van der Waals surface area contributed by atoms with Gasteiger partial charge in [-0.1, -0.05) is 0 Å². The van der Waals surface area contributed by atoms with Crippen LogP contribution in [-0.4, -0.2) is 17.4 Å². The molecule has 1 heterocycles. The number of rotatable bonds is 5. The van der Waals surface area contributed by atoms with Crippen LogP contribution in [0.1, 0.15) is 17.5 Å². The van der Waals surface area contributed by atoms with Crippen molar-refractivity contribution in [3.05, 3.63) is 46.2 Å². The van der Waals surface area contributed by atoms with E-state index in [0.29, 0.717) is 17.9 Å². The Bertz CT molecular complexity index is 680. The van der Waals surface area contributed by atoms with Gasteiger partial charge in [0, 0.05) is 11.6 Å². The highest BCUT2D eigenvalue weighted by Gasteiger charge is 2.18. The Morgan fingerprint density at radius 2 is 2.19 bits per heavy atom. The van der Waals surface area contributed by atoms with Gasteiger partial charge < -0.3 is 9.15 Å². The van der Waals surface area contributed by atoms with Gasteiger partial charge in [-0.2, -0.15) is 0 Å². The molecule has 1 aromatic heterocycles. The molecule has 0 aliphatic carbocycles. The number of hydrogen-bond acceptors (Lipinski definition) is 6. The highest BCUT2D eigenvalue weighted by molar-refractivity contribution is 5.91. The van der Waals surface area contributed by atoms with Crippen molar-refractivity contribution in [2.75, 3.05) is 6.61 Å². The number of hydrogen-bond donors (Lipinski definition) is 2. The molecule has 0 saturated heterocycles. The van der Waals surface area contributed by atoms with Crippen LogP contribution in [0.3, 0.4) is 0 Å². The minimum absolute atomic E-state index is 0.0176. The Kier molecular flexibility index (Phi) is 4.19. The second-order valence-corrected chi connectivity index (χ2v) is 4.01. The van der Waals surface area contributed by atoms with E-state index in [0.717, 1.165) is 0 Å². The average molecular weight is 291 g/mol. The predicted molar refractivity (Wildman–Crippen MR) is 73.6 cm³/mol. The number of nitro benzene ring substituents is 1. The van der Waals surface area contributed by atoms with Crippen LogP contribution in [0, 0.1) is 10.1 Å². The molecule has 0 radical (unpaired) electrons. The number of nitrogen functional groups attached to an aromatic ring is 1. The standard InChI is InChI=1S/C13H13N3O5/c1-2-20-11-4-3-8(7-9(11)16(18)19)10-5-6-12(21-10)13(17)15-14/h3-7H,2,14H2,1H3,(H,15,17). The van der Waals surface area contributed by atoms with Crippen LogP contribution in [-0.2, 0) is 0 Å². The first kappa shape index (κ1) is 14.5. The lowest BCUT2D eigenvalue weighted by Gasteiger charge is -2.05. The summed E-state index contributed by atoms with van der Waals surface area (Å²) in [4.78, 5) is 21.8. The smallest absolute Gasteiger partial charge is 0.311 e. The fraction of sp³-hybridized carbons (Fsp3) is 0.154. The van der Waals surface area contributed by atoms with Crippen LogP contribution in [0.15, 0.2) is 34.7 Å². The second-order valence-electron chi connectivity index (χ2n) is 4.01. The number of benzene rings is 1. The molecule has 0 unspecified atom stereocenters. The minimum Gasteiger partial charge on any atom is -0.487 e. The molecule has 21 heavy (non-hydrogen) atoms. The van der Waals surface area contributed by atoms with E-state index >= 15 is 0 Å². The monoisotopic (exact) mass is 291 g/mol. The molecule has 1 amide bonds. The lowest BCUT2D eigenvalue weighted by atomic mass is 10.1. The molecule has 8 heteroatoms. The second kappa shape index (κ2) is 6.06. The first-order valence-corrected chi connectivity index (χ1v) is 6.09. The largest absolute Gasteiger partial charge is 0.487 e. The lowest BCUT2D eigenvalue weighted by molar-refractivity contribution is -0.385. The first-order chi connectivity index (χ1) is 10.1. The molecule has 0 aliphatic heterocycles. The number of ether oxygens (including phenoxy) is 1. The molecule has 0 fully saturated rings. The molecule has 8 nitrogen and oxygen atoms in total. The van der Waals surface area contributed by atoms with E-state index in [9.17, 15) is 14.9 Å². The van der Waals surface area contributed by atoms with Crippen LogP contribution in [0.2, 0.25) is 0 Å². The molecule has 0 spiro atoms. The fourth-order valence-corrected chi connectivity index (χ4v) is 1.78.